The van der Waals surface area contributed by atoms with Crippen molar-refractivity contribution >= 4 is 12.2 Å². The number of phenols is 1. The van der Waals surface area contributed by atoms with Gasteiger partial charge in [0, 0.05) is 0 Å². The maximum atomic E-state index is 9.28. The first-order valence-corrected chi connectivity index (χ1v) is 4.87. The van der Waals surface area contributed by atoms with Crippen LogP contribution in [0.25, 0.3) is 12.2 Å². The van der Waals surface area contributed by atoms with Gasteiger partial charge in [-0.2, -0.15) is 0 Å². The third-order valence-electron chi connectivity index (χ3n) is 2.14. The molecule has 2 aromatic carbocycles. The number of rotatable bonds is 2. The van der Waals surface area contributed by atoms with Crippen LogP contribution in [0.2, 0.25) is 0 Å². The summed E-state index contributed by atoms with van der Waals surface area (Å²) in [7, 11) is 0. The van der Waals surface area contributed by atoms with E-state index < -0.39 is 0 Å². The predicted octanol–water partition coefficient (Wildman–Crippen LogP) is 0.679. The molecule has 0 saturated carbocycles. The van der Waals surface area contributed by atoms with E-state index >= 15 is 0 Å². The number of hydrogen-bond acceptors (Lipinski definition) is 1. The Kier molecular flexibility index (Phi) is 5.33. The summed E-state index contributed by atoms with van der Waals surface area (Å²) in [5, 5.41) is 9.28. The van der Waals surface area contributed by atoms with Crippen LogP contribution in [0.1, 0.15) is 12.6 Å². The fraction of sp³-hybridized carbons (Fsp3) is 0. The van der Waals surface area contributed by atoms with Crippen molar-refractivity contribution in [2.24, 2.45) is 0 Å². The zero-order valence-electron chi connectivity index (χ0n) is 10.3. The predicted molar refractivity (Wildman–Crippen MR) is 64.6 cm³/mol. The Morgan fingerprint density at radius 2 is 1.44 bits per heavy atom. The van der Waals surface area contributed by atoms with Gasteiger partial charge in [-0.3, -0.25) is 0 Å². The molecule has 0 bridgehead atoms. The number of phenolic OH excluding ortho intramolecular Hbond substituents is 1. The van der Waals surface area contributed by atoms with Gasteiger partial charge in [0.15, 0.2) is 0 Å². The van der Waals surface area contributed by atoms with Gasteiger partial charge in [0.1, 0.15) is 5.75 Å². The Morgan fingerprint density at radius 3 is 2.12 bits per heavy atom. The van der Waals surface area contributed by atoms with Crippen molar-refractivity contribution in [3.05, 3.63) is 65.7 Å². The van der Waals surface area contributed by atoms with Crippen LogP contribution in [0.3, 0.4) is 0 Å². The van der Waals surface area contributed by atoms with E-state index in [0.717, 1.165) is 11.1 Å². The zero-order chi connectivity index (χ0) is 10.5. The monoisotopic (exact) mass is 220 g/mol. The van der Waals surface area contributed by atoms with Crippen LogP contribution in [0.4, 0.5) is 0 Å². The molecule has 0 radical (unpaired) electrons. The first-order chi connectivity index (χ1) is 7.34. The molecule has 0 aromatic heterocycles. The van der Waals surface area contributed by atoms with Crippen molar-refractivity contribution in [2.75, 3.05) is 0 Å². The molecule has 0 fully saturated rings. The smallest absolute Gasteiger partial charge is 1.00 e. The van der Waals surface area contributed by atoms with Crippen LogP contribution in [-0.2, 0) is 0 Å². The van der Waals surface area contributed by atoms with E-state index in [4.69, 9.17) is 0 Å². The van der Waals surface area contributed by atoms with Gasteiger partial charge in [0.2, 0.25) is 0 Å². The molecule has 0 heterocycles. The second-order valence-corrected chi connectivity index (χ2v) is 3.34. The van der Waals surface area contributed by atoms with Crippen LogP contribution in [-0.4, -0.2) is 5.11 Å². The Bertz CT molecular complexity index is 469. The summed E-state index contributed by atoms with van der Waals surface area (Å²) in [6, 6.07) is 17.3. The normalized spacial score (nSPS) is 10.0. The number of benzene rings is 2. The van der Waals surface area contributed by atoms with Crippen molar-refractivity contribution < 1.29 is 36.1 Å². The topological polar surface area (TPSA) is 20.2 Å². The molecule has 2 rings (SSSR count). The van der Waals surface area contributed by atoms with Crippen molar-refractivity contribution in [1.29, 1.82) is 0 Å². The molecule has 1 nitrogen and oxygen atoms in total. The summed E-state index contributed by atoms with van der Waals surface area (Å²) >= 11 is 0. The maximum absolute atomic E-state index is 9.28. The summed E-state index contributed by atoms with van der Waals surface area (Å²) in [6.45, 7) is 0. The third-order valence-corrected chi connectivity index (χ3v) is 2.14. The van der Waals surface area contributed by atoms with Crippen molar-refractivity contribution in [3.8, 4) is 5.75 Å². The molecule has 2 aromatic rings. The van der Waals surface area contributed by atoms with E-state index in [0.29, 0.717) is 5.75 Å². The first-order valence-electron chi connectivity index (χ1n) is 4.87. The van der Waals surface area contributed by atoms with Crippen LogP contribution in [0, 0.1) is 0 Å². The van der Waals surface area contributed by atoms with Crippen LogP contribution in [0.5, 0.6) is 5.75 Å². The molecule has 0 aliphatic carbocycles. The Hall–Kier alpha value is -1.02. The summed E-state index contributed by atoms with van der Waals surface area (Å²) in [4.78, 5) is 0. The molecule has 0 unspecified atom stereocenters. The van der Waals surface area contributed by atoms with Crippen LogP contribution < -0.4 is 29.6 Å². The van der Waals surface area contributed by atoms with E-state index in [1.54, 1.807) is 12.1 Å². The fourth-order valence-corrected chi connectivity index (χ4v) is 1.39. The average Bonchev–Trinajstić information content (AvgIpc) is 2.28. The van der Waals surface area contributed by atoms with Crippen molar-refractivity contribution in [1.82, 2.24) is 0 Å². The quantitative estimate of drug-likeness (QED) is 0.583. The van der Waals surface area contributed by atoms with E-state index in [2.05, 4.69) is 0 Å². The molecule has 16 heavy (non-hydrogen) atoms. The van der Waals surface area contributed by atoms with E-state index in [1.165, 1.54) is 0 Å². The van der Waals surface area contributed by atoms with Crippen LogP contribution in [0.15, 0.2) is 54.6 Å². The summed E-state index contributed by atoms with van der Waals surface area (Å²) in [5.41, 5.74) is 2.15. The SMILES string of the molecule is Oc1cccc(C=Cc2ccccc2)c1.[H-].[Na+]. The molecule has 0 amide bonds. The van der Waals surface area contributed by atoms with Gasteiger partial charge in [-0.15, -0.1) is 0 Å². The van der Waals surface area contributed by atoms with Gasteiger partial charge >= 0.3 is 29.6 Å². The Labute approximate surface area is 119 Å². The summed E-state index contributed by atoms with van der Waals surface area (Å²) < 4.78 is 0. The van der Waals surface area contributed by atoms with E-state index in [-0.39, 0.29) is 31.0 Å². The second kappa shape index (κ2) is 6.54. The van der Waals surface area contributed by atoms with Crippen molar-refractivity contribution in [3.63, 3.8) is 0 Å². The minimum Gasteiger partial charge on any atom is -1.00 e. The molecule has 76 valence electrons. The van der Waals surface area contributed by atoms with Crippen LogP contribution >= 0.6 is 0 Å². The summed E-state index contributed by atoms with van der Waals surface area (Å²) in [6.07, 6.45) is 4.00. The van der Waals surface area contributed by atoms with E-state index in [1.807, 2.05) is 54.6 Å². The first kappa shape index (κ1) is 13.0. The molecule has 0 atom stereocenters. The number of aromatic hydroxyl groups is 1. The Balaban J connectivity index is 0.00000128. The van der Waals surface area contributed by atoms with E-state index in [9.17, 15) is 5.11 Å². The minimum atomic E-state index is 0. The van der Waals surface area contributed by atoms with Gasteiger partial charge in [-0.05, 0) is 23.3 Å². The van der Waals surface area contributed by atoms with Gasteiger partial charge in [-0.1, -0.05) is 54.6 Å². The largest absolute Gasteiger partial charge is 1.00 e. The van der Waals surface area contributed by atoms with Gasteiger partial charge in [0.05, 0.1) is 0 Å². The minimum absolute atomic E-state index is 0. The average molecular weight is 220 g/mol. The van der Waals surface area contributed by atoms with Crippen molar-refractivity contribution in [2.45, 2.75) is 0 Å². The molecule has 0 aliphatic rings. The molecular weight excluding hydrogens is 207 g/mol. The molecule has 0 aliphatic heterocycles. The standard InChI is InChI=1S/C14H12O.Na.H/c15-14-8-4-7-13(11-14)10-9-12-5-2-1-3-6-12;;/h1-11,15H;;/q;+1;-1. The van der Waals surface area contributed by atoms with Gasteiger partial charge in [0.25, 0.3) is 0 Å². The molecule has 0 spiro atoms. The summed E-state index contributed by atoms with van der Waals surface area (Å²) in [5.74, 6) is 0.296. The maximum Gasteiger partial charge on any atom is 1.00 e. The van der Waals surface area contributed by atoms with Gasteiger partial charge in [-0.25, -0.2) is 0 Å². The molecule has 0 saturated heterocycles. The zero-order valence-corrected chi connectivity index (χ0v) is 11.3. The second-order valence-electron chi connectivity index (χ2n) is 3.34. The Morgan fingerprint density at radius 1 is 0.812 bits per heavy atom. The molecule has 2 heteroatoms. The fourth-order valence-electron chi connectivity index (χ4n) is 1.39. The number of hydrogen-bond donors (Lipinski definition) is 1. The molecule has 1 N–H and O–H groups in total. The third kappa shape index (κ3) is 3.86. The molecular formula is C14H13NaO. The van der Waals surface area contributed by atoms with Gasteiger partial charge < -0.3 is 6.53 Å².